The molecule has 2 rings (SSSR count). The SMILES string of the molecule is CCC(N)Cc1cc2cc(C)ccc2nc1Cl. The highest BCUT2D eigenvalue weighted by atomic mass is 35.5. The summed E-state index contributed by atoms with van der Waals surface area (Å²) in [4.78, 5) is 4.41. The Morgan fingerprint density at radius 2 is 2.12 bits per heavy atom. The number of halogens is 1. The Morgan fingerprint density at radius 1 is 1.35 bits per heavy atom. The fraction of sp³-hybridized carbons (Fsp3) is 0.357. The smallest absolute Gasteiger partial charge is 0.133 e. The molecule has 0 radical (unpaired) electrons. The molecule has 0 aliphatic carbocycles. The van der Waals surface area contributed by atoms with E-state index in [0.29, 0.717) is 5.15 Å². The third-order valence-electron chi connectivity index (χ3n) is 3.00. The van der Waals surface area contributed by atoms with E-state index in [4.69, 9.17) is 17.3 Å². The fourth-order valence-corrected chi connectivity index (χ4v) is 2.11. The summed E-state index contributed by atoms with van der Waals surface area (Å²) in [6.07, 6.45) is 1.73. The molecular weight excluding hydrogens is 232 g/mol. The van der Waals surface area contributed by atoms with Crippen molar-refractivity contribution in [3.8, 4) is 0 Å². The van der Waals surface area contributed by atoms with Gasteiger partial charge in [0.2, 0.25) is 0 Å². The third kappa shape index (κ3) is 2.76. The van der Waals surface area contributed by atoms with Crippen LogP contribution in [-0.4, -0.2) is 11.0 Å². The van der Waals surface area contributed by atoms with Crippen molar-refractivity contribution in [2.24, 2.45) is 5.73 Å². The normalized spacial score (nSPS) is 12.9. The molecule has 0 aliphatic rings. The van der Waals surface area contributed by atoms with Crippen LogP contribution in [0.5, 0.6) is 0 Å². The summed E-state index contributed by atoms with van der Waals surface area (Å²) in [6.45, 7) is 4.16. The molecule has 2 nitrogen and oxygen atoms in total. The van der Waals surface area contributed by atoms with Crippen LogP contribution in [0.2, 0.25) is 5.15 Å². The first-order valence-corrected chi connectivity index (χ1v) is 6.29. The molecule has 0 spiro atoms. The fourth-order valence-electron chi connectivity index (χ4n) is 1.89. The molecule has 0 saturated heterocycles. The van der Waals surface area contributed by atoms with E-state index in [0.717, 1.165) is 29.3 Å². The highest BCUT2D eigenvalue weighted by molar-refractivity contribution is 6.30. The summed E-state index contributed by atoms with van der Waals surface area (Å²) in [5.41, 5.74) is 9.17. The summed E-state index contributed by atoms with van der Waals surface area (Å²) < 4.78 is 0. The molecular formula is C14H17ClN2. The van der Waals surface area contributed by atoms with Crippen LogP contribution in [0, 0.1) is 6.92 Å². The van der Waals surface area contributed by atoms with E-state index in [1.54, 1.807) is 0 Å². The second-order valence-corrected chi connectivity index (χ2v) is 4.86. The molecule has 0 amide bonds. The van der Waals surface area contributed by atoms with E-state index < -0.39 is 0 Å². The topological polar surface area (TPSA) is 38.9 Å². The summed E-state index contributed by atoms with van der Waals surface area (Å²) in [5, 5.41) is 1.71. The van der Waals surface area contributed by atoms with Crippen molar-refractivity contribution in [3.63, 3.8) is 0 Å². The van der Waals surface area contributed by atoms with Gasteiger partial charge in [-0.15, -0.1) is 0 Å². The van der Waals surface area contributed by atoms with Gasteiger partial charge in [-0.3, -0.25) is 0 Å². The Kier molecular flexibility index (Phi) is 3.65. The van der Waals surface area contributed by atoms with Crippen molar-refractivity contribution in [2.75, 3.05) is 0 Å². The quantitative estimate of drug-likeness (QED) is 0.845. The second-order valence-electron chi connectivity index (χ2n) is 4.51. The number of fused-ring (bicyclic) bond motifs is 1. The highest BCUT2D eigenvalue weighted by Gasteiger charge is 2.08. The molecule has 1 atom stereocenters. The van der Waals surface area contributed by atoms with Crippen molar-refractivity contribution >= 4 is 22.5 Å². The zero-order valence-corrected chi connectivity index (χ0v) is 11.0. The van der Waals surface area contributed by atoms with Crippen molar-refractivity contribution in [1.82, 2.24) is 4.98 Å². The van der Waals surface area contributed by atoms with Crippen molar-refractivity contribution in [2.45, 2.75) is 32.7 Å². The Hall–Kier alpha value is -1.12. The number of nitrogens with two attached hydrogens (primary N) is 1. The van der Waals surface area contributed by atoms with Gasteiger partial charge in [0.15, 0.2) is 0 Å². The maximum Gasteiger partial charge on any atom is 0.133 e. The number of aryl methyl sites for hydroxylation is 1. The van der Waals surface area contributed by atoms with E-state index in [1.165, 1.54) is 5.56 Å². The number of hydrogen-bond donors (Lipinski definition) is 1. The average Bonchev–Trinajstić information content (AvgIpc) is 2.30. The number of pyridine rings is 1. The molecule has 1 heterocycles. The first-order valence-electron chi connectivity index (χ1n) is 5.91. The summed E-state index contributed by atoms with van der Waals surface area (Å²) in [6, 6.07) is 8.42. The van der Waals surface area contributed by atoms with Gasteiger partial charge in [-0.2, -0.15) is 0 Å². The minimum atomic E-state index is 0.150. The molecule has 2 N–H and O–H groups in total. The monoisotopic (exact) mass is 248 g/mol. The van der Waals surface area contributed by atoms with Crippen LogP contribution in [0.3, 0.4) is 0 Å². The Morgan fingerprint density at radius 3 is 2.82 bits per heavy atom. The lowest BCUT2D eigenvalue weighted by molar-refractivity contribution is 0.646. The lowest BCUT2D eigenvalue weighted by Crippen LogP contribution is -2.21. The van der Waals surface area contributed by atoms with Gasteiger partial charge in [0, 0.05) is 11.4 Å². The molecule has 17 heavy (non-hydrogen) atoms. The largest absolute Gasteiger partial charge is 0.327 e. The lowest BCUT2D eigenvalue weighted by Gasteiger charge is -2.11. The third-order valence-corrected chi connectivity index (χ3v) is 3.33. The van der Waals surface area contributed by atoms with Crippen molar-refractivity contribution < 1.29 is 0 Å². The van der Waals surface area contributed by atoms with Crippen LogP contribution in [0.25, 0.3) is 10.9 Å². The van der Waals surface area contributed by atoms with Crippen LogP contribution in [0.4, 0.5) is 0 Å². The van der Waals surface area contributed by atoms with Crippen LogP contribution in [0.15, 0.2) is 24.3 Å². The molecule has 3 heteroatoms. The Balaban J connectivity index is 2.46. The van der Waals surface area contributed by atoms with Gasteiger partial charge in [0.1, 0.15) is 5.15 Å². The molecule has 1 aromatic heterocycles. The maximum absolute atomic E-state index is 6.18. The second kappa shape index (κ2) is 5.03. The van der Waals surface area contributed by atoms with E-state index >= 15 is 0 Å². The zero-order valence-electron chi connectivity index (χ0n) is 10.2. The molecule has 1 aromatic carbocycles. The Labute approximate surface area is 107 Å². The first kappa shape index (κ1) is 12.3. The number of aromatic nitrogens is 1. The molecule has 0 bridgehead atoms. The summed E-state index contributed by atoms with van der Waals surface area (Å²) >= 11 is 6.18. The number of benzene rings is 1. The van der Waals surface area contributed by atoms with Gasteiger partial charge in [0.05, 0.1) is 5.52 Å². The lowest BCUT2D eigenvalue weighted by atomic mass is 10.0. The minimum absolute atomic E-state index is 0.150. The summed E-state index contributed by atoms with van der Waals surface area (Å²) in [7, 11) is 0. The maximum atomic E-state index is 6.18. The summed E-state index contributed by atoms with van der Waals surface area (Å²) in [5.74, 6) is 0. The zero-order chi connectivity index (χ0) is 12.4. The van der Waals surface area contributed by atoms with Crippen molar-refractivity contribution in [1.29, 1.82) is 0 Å². The molecule has 0 aliphatic heterocycles. The average molecular weight is 249 g/mol. The van der Waals surface area contributed by atoms with E-state index in [-0.39, 0.29) is 6.04 Å². The molecule has 0 fully saturated rings. The number of nitrogens with zero attached hydrogens (tertiary/aromatic N) is 1. The van der Waals surface area contributed by atoms with Crippen LogP contribution in [0.1, 0.15) is 24.5 Å². The van der Waals surface area contributed by atoms with E-state index in [1.807, 2.05) is 12.1 Å². The molecule has 2 aromatic rings. The van der Waals surface area contributed by atoms with E-state index in [2.05, 4.69) is 31.0 Å². The van der Waals surface area contributed by atoms with Gasteiger partial charge in [-0.25, -0.2) is 4.98 Å². The van der Waals surface area contributed by atoms with Gasteiger partial charge in [-0.1, -0.05) is 30.2 Å². The van der Waals surface area contributed by atoms with Gasteiger partial charge in [0.25, 0.3) is 0 Å². The van der Waals surface area contributed by atoms with Gasteiger partial charge in [-0.05, 0) is 43.5 Å². The van der Waals surface area contributed by atoms with Gasteiger partial charge >= 0.3 is 0 Å². The predicted molar refractivity (Wildman–Crippen MR) is 73.5 cm³/mol. The number of hydrogen-bond acceptors (Lipinski definition) is 2. The number of rotatable bonds is 3. The minimum Gasteiger partial charge on any atom is -0.327 e. The molecule has 90 valence electrons. The van der Waals surface area contributed by atoms with Gasteiger partial charge < -0.3 is 5.73 Å². The van der Waals surface area contributed by atoms with Crippen LogP contribution >= 0.6 is 11.6 Å². The molecule has 1 unspecified atom stereocenters. The van der Waals surface area contributed by atoms with Crippen LogP contribution < -0.4 is 5.73 Å². The molecule has 0 saturated carbocycles. The predicted octanol–water partition coefficient (Wildman–Crippen LogP) is 3.48. The Bertz CT molecular complexity index is 537. The van der Waals surface area contributed by atoms with E-state index in [9.17, 15) is 0 Å². The van der Waals surface area contributed by atoms with Crippen LogP contribution in [-0.2, 0) is 6.42 Å². The standard InChI is InChI=1S/C14H17ClN2/c1-3-12(16)8-11-7-10-6-9(2)4-5-13(10)17-14(11)15/h4-7,12H,3,8,16H2,1-2H3. The van der Waals surface area contributed by atoms with Crippen molar-refractivity contribution in [3.05, 3.63) is 40.5 Å². The highest BCUT2D eigenvalue weighted by Crippen LogP contribution is 2.22. The first-order chi connectivity index (χ1) is 8.10.